The van der Waals surface area contributed by atoms with Crippen molar-refractivity contribution < 1.29 is 0 Å². The van der Waals surface area contributed by atoms with Gasteiger partial charge < -0.3 is 10.6 Å². The third-order valence-corrected chi connectivity index (χ3v) is 3.20. The predicted octanol–water partition coefficient (Wildman–Crippen LogP) is 0.358. The number of hydrogen-bond donors (Lipinski definition) is 2. The molecular formula is C6H12N2S. The highest BCUT2D eigenvalue weighted by Gasteiger charge is 2.28. The van der Waals surface area contributed by atoms with Crippen LogP contribution >= 0.6 is 11.8 Å². The molecule has 52 valence electrons. The normalized spacial score (nSPS) is 42.7. The second-order valence-electron chi connectivity index (χ2n) is 2.64. The van der Waals surface area contributed by atoms with Gasteiger partial charge in [-0.3, -0.25) is 0 Å². The smallest absolute Gasteiger partial charge is 0.0700 e. The minimum Gasteiger partial charge on any atom is -0.304 e. The van der Waals surface area contributed by atoms with Crippen LogP contribution in [0.3, 0.4) is 0 Å². The Balaban J connectivity index is 1.97. The number of thioether (sulfide) groups is 1. The van der Waals surface area contributed by atoms with Gasteiger partial charge in [-0.2, -0.15) is 0 Å². The topological polar surface area (TPSA) is 24.1 Å². The maximum absolute atomic E-state index is 3.48. The van der Waals surface area contributed by atoms with Gasteiger partial charge in [-0.25, -0.2) is 0 Å². The van der Waals surface area contributed by atoms with E-state index in [1.165, 1.54) is 19.4 Å². The van der Waals surface area contributed by atoms with E-state index in [0.29, 0.717) is 0 Å². The van der Waals surface area contributed by atoms with Gasteiger partial charge in [0.2, 0.25) is 0 Å². The molecule has 0 aromatic rings. The molecule has 2 rings (SSSR count). The van der Waals surface area contributed by atoms with Crippen LogP contribution in [-0.4, -0.2) is 23.8 Å². The molecule has 2 aliphatic heterocycles. The number of fused-ring (bicyclic) bond motifs is 1. The summed E-state index contributed by atoms with van der Waals surface area (Å²) < 4.78 is 0. The zero-order chi connectivity index (χ0) is 6.10. The molecule has 2 N–H and O–H groups in total. The van der Waals surface area contributed by atoms with E-state index in [9.17, 15) is 0 Å². The van der Waals surface area contributed by atoms with E-state index < -0.39 is 0 Å². The first-order chi connectivity index (χ1) is 4.47. The lowest BCUT2D eigenvalue weighted by Crippen LogP contribution is -2.44. The van der Waals surface area contributed by atoms with Gasteiger partial charge in [0, 0.05) is 11.9 Å². The molecule has 0 radical (unpaired) electrons. The summed E-state index contributed by atoms with van der Waals surface area (Å²) in [5.41, 5.74) is 0. The highest BCUT2D eigenvalue weighted by molar-refractivity contribution is 8.00. The fourth-order valence-electron chi connectivity index (χ4n) is 1.49. The first-order valence-electron chi connectivity index (χ1n) is 3.55. The lowest BCUT2D eigenvalue weighted by Gasteiger charge is -2.24. The molecule has 2 fully saturated rings. The van der Waals surface area contributed by atoms with E-state index in [4.69, 9.17) is 0 Å². The van der Waals surface area contributed by atoms with Crippen LogP contribution in [0.4, 0.5) is 0 Å². The van der Waals surface area contributed by atoms with E-state index in [1.807, 2.05) is 11.8 Å². The van der Waals surface area contributed by atoms with Crippen LogP contribution in [0.5, 0.6) is 0 Å². The van der Waals surface area contributed by atoms with Gasteiger partial charge in [-0.15, -0.1) is 11.8 Å². The molecule has 2 unspecified atom stereocenters. The second kappa shape index (κ2) is 2.48. The summed E-state index contributed by atoms with van der Waals surface area (Å²) in [5, 5.41) is 7.66. The van der Waals surface area contributed by atoms with Crippen LogP contribution in [0.25, 0.3) is 0 Å². The molecule has 2 aliphatic rings. The highest BCUT2D eigenvalue weighted by Crippen LogP contribution is 2.23. The Hall–Kier alpha value is 0.270. The summed E-state index contributed by atoms with van der Waals surface area (Å²) in [7, 11) is 0. The Morgan fingerprint density at radius 2 is 2.33 bits per heavy atom. The van der Waals surface area contributed by atoms with E-state index in [-0.39, 0.29) is 0 Å². The molecule has 3 heteroatoms. The maximum atomic E-state index is 3.48. The van der Waals surface area contributed by atoms with Gasteiger partial charge in [0.05, 0.1) is 5.37 Å². The van der Waals surface area contributed by atoms with E-state index in [1.54, 1.807) is 0 Å². The molecule has 0 aromatic heterocycles. The van der Waals surface area contributed by atoms with Crippen LogP contribution in [0, 0.1) is 0 Å². The molecule has 9 heavy (non-hydrogen) atoms. The summed E-state index contributed by atoms with van der Waals surface area (Å²) in [4.78, 5) is 0. The SMILES string of the molecule is C1CNC2SCNC2C1. The molecule has 0 amide bonds. The second-order valence-corrected chi connectivity index (χ2v) is 3.77. The summed E-state index contributed by atoms with van der Waals surface area (Å²) in [6, 6.07) is 0.767. The van der Waals surface area contributed by atoms with Crippen molar-refractivity contribution in [2.45, 2.75) is 24.3 Å². The van der Waals surface area contributed by atoms with Gasteiger partial charge in [0.25, 0.3) is 0 Å². The quantitative estimate of drug-likeness (QED) is 0.513. The molecule has 0 spiro atoms. The summed E-state index contributed by atoms with van der Waals surface area (Å²) in [6.07, 6.45) is 2.71. The minimum absolute atomic E-state index is 0.721. The summed E-state index contributed by atoms with van der Waals surface area (Å²) >= 11 is 2.00. The lowest BCUT2D eigenvalue weighted by molar-refractivity contribution is 0.401. The van der Waals surface area contributed by atoms with Crippen LogP contribution in [0.2, 0.25) is 0 Å². The van der Waals surface area contributed by atoms with E-state index in [0.717, 1.165) is 17.3 Å². The molecule has 0 aromatic carbocycles. The average Bonchev–Trinajstić information content (AvgIpc) is 2.33. The van der Waals surface area contributed by atoms with Crippen molar-refractivity contribution in [1.29, 1.82) is 0 Å². The first-order valence-corrected chi connectivity index (χ1v) is 4.60. The van der Waals surface area contributed by atoms with E-state index in [2.05, 4.69) is 10.6 Å². The van der Waals surface area contributed by atoms with Crippen molar-refractivity contribution in [3.05, 3.63) is 0 Å². The molecule has 2 nitrogen and oxygen atoms in total. The fraction of sp³-hybridized carbons (Fsp3) is 1.00. The molecule has 0 saturated carbocycles. The number of nitrogens with one attached hydrogen (secondary N) is 2. The molecule has 0 aliphatic carbocycles. The Kier molecular flexibility index (Phi) is 1.66. The Morgan fingerprint density at radius 1 is 1.33 bits per heavy atom. The van der Waals surface area contributed by atoms with Gasteiger partial charge in [-0.1, -0.05) is 0 Å². The third-order valence-electron chi connectivity index (χ3n) is 2.01. The summed E-state index contributed by atoms with van der Waals surface area (Å²) in [6.45, 7) is 1.22. The van der Waals surface area contributed by atoms with Gasteiger partial charge in [-0.05, 0) is 19.4 Å². The van der Waals surface area contributed by atoms with Crippen molar-refractivity contribution in [1.82, 2.24) is 10.6 Å². The number of rotatable bonds is 0. The lowest BCUT2D eigenvalue weighted by atomic mass is 10.1. The van der Waals surface area contributed by atoms with Crippen molar-refractivity contribution in [2.24, 2.45) is 0 Å². The van der Waals surface area contributed by atoms with Crippen molar-refractivity contribution in [3.63, 3.8) is 0 Å². The first kappa shape index (κ1) is 6.01. The Bertz CT molecular complexity index is 95.2. The predicted molar refractivity (Wildman–Crippen MR) is 40.4 cm³/mol. The summed E-state index contributed by atoms with van der Waals surface area (Å²) in [5.74, 6) is 1.14. The van der Waals surface area contributed by atoms with E-state index >= 15 is 0 Å². The minimum atomic E-state index is 0.721. The maximum Gasteiger partial charge on any atom is 0.0700 e. The van der Waals surface area contributed by atoms with Gasteiger partial charge in [0.1, 0.15) is 0 Å². The highest BCUT2D eigenvalue weighted by atomic mass is 32.2. The van der Waals surface area contributed by atoms with Crippen LogP contribution in [-0.2, 0) is 0 Å². The fourth-order valence-corrected chi connectivity index (χ4v) is 2.68. The monoisotopic (exact) mass is 144 g/mol. The molecule has 2 atom stereocenters. The number of hydrogen-bond acceptors (Lipinski definition) is 3. The van der Waals surface area contributed by atoms with Crippen LogP contribution in [0.15, 0.2) is 0 Å². The Morgan fingerprint density at radius 3 is 3.22 bits per heavy atom. The molecule has 0 bridgehead atoms. The molecular weight excluding hydrogens is 132 g/mol. The van der Waals surface area contributed by atoms with Crippen molar-refractivity contribution >= 4 is 11.8 Å². The van der Waals surface area contributed by atoms with Crippen LogP contribution < -0.4 is 10.6 Å². The average molecular weight is 144 g/mol. The third kappa shape index (κ3) is 1.09. The van der Waals surface area contributed by atoms with Crippen molar-refractivity contribution in [3.8, 4) is 0 Å². The Labute approximate surface area is 59.8 Å². The number of piperidine rings is 1. The van der Waals surface area contributed by atoms with Gasteiger partial charge >= 0.3 is 0 Å². The van der Waals surface area contributed by atoms with Crippen LogP contribution in [0.1, 0.15) is 12.8 Å². The molecule has 2 saturated heterocycles. The van der Waals surface area contributed by atoms with Gasteiger partial charge in [0.15, 0.2) is 0 Å². The van der Waals surface area contributed by atoms with Crippen molar-refractivity contribution in [2.75, 3.05) is 12.4 Å². The largest absolute Gasteiger partial charge is 0.304 e. The molecule has 2 heterocycles. The standard InChI is InChI=1S/C6H12N2S/c1-2-5-6(7-3-1)9-4-8-5/h5-8H,1-4H2. The zero-order valence-corrected chi connectivity index (χ0v) is 6.21. The zero-order valence-electron chi connectivity index (χ0n) is 5.39.